The third kappa shape index (κ3) is 2.72. The van der Waals surface area contributed by atoms with Gasteiger partial charge in [-0.2, -0.15) is 0 Å². The Morgan fingerprint density at radius 1 is 1.36 bits per heavy atom. The molecule has 0 amide bonds. The third-order valence-electron chi connectivity index (χ3n) is 6.06. The molecule has 0 spiro atoms. The lowest BCUT2D eigenvalue weighted by molar-refractivity contribution is -0.171. The Labute approximate surface area is 155 Å². The fourth-order valence-electron chi connectivity index (χ4n) is 5.57. The molecule has 2 aromatic heterocycles. The van der Waals surface area contributed by atoms with E-state index in [2.05, 4.69) is 4.98 Å². The van der Waals surface area contributed by atoms with Crippen LogP contribution in [-0.4, -0.2) is 15.8 Å². The van der Waals surface area contributed by atoms with E-state index in [1.54, 1.807) is 17.6 Å². The van der Waals surface area contributed by atoms with E-state index in [0.29, 0.717) is 23.4 Å². The van der Waals surface area contributed by atoms with Gasteiger partial charge in [-0.15, -0.1) is 22.9 Å². The highest BCUT2D eigenvalue weighted by atomic mass is 35.5. The molecule has 4 nitrogen and oxygen atoms in total. The van der Waals surface area contributed by atoms with Crippen LogP contribution in [0.5, 0.6) is 0 Å². The molecule has 4 saturated carbocycles. The smallest absolute Gasteiger partial charge is 0.312 e. The summed E-state index contributed by atoms with van der Waals surface area (Å²) in [5.74, 6) is 1.66. The van der Waals surface area contributed by atoms with Crippen LogP contribution in [0.25, 0.3) is 10.8 Å². The van der Waals surface area contributed by atoms with Crippen LogP contribution in [0.2, 0.25) is 0 Å². The van der Waals surface area contributed by atoms with Crippen molar-refractivity contribution in [3.05, 3.63) is 29.5 Å². The standard InChI is InChI=1S/C19H20ClNO3S/c20-19-7-12-4-13(8-19)6-18(5-12,11-19)17(22)24-10-14-9-23-16(21-14)15-2-1-3-25-15/h1-3,9,12-13H,4-8,10-11H2/t12-,13+,18?,19?. The van der Waals surface area contributed by atoms with E-state index in [1.807, 2.05) is 17.5 Å². The Morgan fingerprint density at radius 2 is 2.16 bits per heavy atom. The molecule has 6 heteroatoms. The highest BCUT2D eigenvalue weighted by Crippen LogP contribution is 2.64. The zero-order valence-corrected chi connectivity index (χ0v) is 15.4. The quantitative estimate of drug-likeness (QED) is 0.554. The SMILES string of the molecule is O=C(OCc1coc(-c2cccs2)n1)C12C[C@@H]3C[C@@H](CC(Cl)(C3)C1)C2. The van der Waals surface area contributed by atoms with Crippen LogP contribution >= 0.6 is 22.9 Å². The normalized spacial score (nSPS) is 35.9. The molecule has 2 heterocycles. The van der Waals surface area contributed by atoms with Crippen molar-refractivity contribution in [1.29, 1.82) is 0 Å². The second-order valence-electron chi connectivity index (χ2n) is 8.09. The molecule has 0 aliphatic heterocycles. The van der Waals surface area contributed by atoms with E-state index >= 15 is 0 Å². The number of hydrogen-bond donors (Lipinski definition) is 0. The van der Waals surface area contributed by atoms with Crippen LogP contribution < -0.4 is 0 Å². The molecule has 25 heavy (non-hydrogen) atoms. The van der Waals surface area contributed by atoms with Gasteiger partial charge in [0.15, 0.2) is 0 Å². The molecule has 2 unspecified atom stereocenters. The van der Waals surface area contributed by atoms with Crippen LogP contribution in [0, 0.1) is 17.3 Å². The molecule has 4 atom stereocenters. The summed E-state index contributed by atoms with van der Waals surface area (Å²) >= 11 is 8.38. The van der Waals surface area contributed by atoms with Crippen LogP contribution in [0.15, 0.2) is 28.2 Å². The molecule has 4 aliphatic carbocycles. The summed E-state index contributed by atoms with van der Waals surface area (Å²) in [4.78, 5) is 18.1. The number of thiophene rings is 1. The number of esters is 1. The van der Waals surface area contributed by atoms with E-state index < -0.39 is 0 Å². The van der Waals surface area contributed by atoms with Crippen molar-refractivity contribution >= 4 is 28.9 Å². The van der Waals surface area contributed by atoms with Crippen LogP contribution in [0.4, 0.5) is 0 Å². The van der Waals surface area contributed by atoms with Crippen LogP contribution in [0.1, 0.15) is 44.2 Å². The van der Waals surface area contributed by atoms with E-state index in [4.69, 9.17) is 20.8 Å². The first kappa shape index (κ1) is 15.9. The number of halogens is 1. The molecule has 4 fully saturated rings. The van der Waals surface area contributed by atoms with E-state index in [1.165, 1.54) is 6.42 Å². The molecule has 4 aliphatic rings. The molecule has 132 valence electrons. The molecule has 2 aromatic rings. The average Bonchev–Trinajstić information content (AvgIpc) is 3.21. The number of ether oxygens (including phenoxy) is 1. The molecule has 0 saturated heterocycles. The monoisotopic (exact) mass is 377 g/mol. The van der Waals surface area contributed by atoms with Gasteiger partial charge in [0, 0.05) is 4.87 Å². The van der Waals surface area contributed by atoms with Gasteiger partial charge in [0.25, 0.3) is 0 Å². The second-order valence-corrected chi connectivity index (χ2v) is 9.84. The fourth-order valence-corrected chi connectivity index (χ4v) is 6.92. The number of alkyl halides is 1. The molecule has 0 radical (unpaired) electrons. The average molecular weight is 378 g/mol. The zero-order valence-electron chi connectivity index (χ0n) is 13.9. The van der Waals surface area contributed by atoms with E-state index in [9.17, 15) is 4.79 Å². The first-order chi connectivity index (χ1) is 12.0. The second kappa shape index (κ2) is 5.58. The lowest BCUT2D eigenvalue weighted by atomic mass is 9.49. The van der Waals surface area contributed by atoms with Gasteiger partial charge in [-0.05, 0) is 61.8 Å². The summed E-state index contributed by atoms with van der Waals surface area (Å²) in [5, 5.41) is 1.98. The molecular formula is C19H20ClNO3S. The first-order valence-corrected chi connectivity index (χ1v) is 10.1. The zero-order chi connectivity index (χ0) is 17.1. The maximum Gasteiger partial charge on any atom is 0.312 e. The Morgan fingerprint density at radius 3 is 2.84 bits per heavy atom. The maximum absolute atomic E-state index is 12.9. The highest BCUT2D eigenvalue weighted by molar-refractivity contribution is 7.13. The summed E-state index contributed by atoms with van der Waals surface area (Å²) in [7, 11) is 0. The molecule has 6 rings (SSSR count). The number of oxazole rings is 1. The molecular weight excluding hydrogens is 358 g/mol. The topological polar surface area (TPSA) is 52.3 Å². The Balaban J connectivity index is 1.28. The summed E-state index contributed by atoms with van der Waals surface area (Å²) in [6.07, 6.45) is 7.59. The van der Waals surface area contributed by atoms with Crippen molar-refractivity contribution in [2.75, 3.05) is 0 Å². The number of aromatic nitrogens is 1. The largest absolute Gasteiger partial charge is 0.459 e. The minimum absolute atomic E-state index is 0.0905. The lowest BCUT2D eigenvalue weighted by Gasteiger charge is -2.58. The summed E-state index contributed by atoms with van der Waals surface area (Å²) in [6, 6.07) is 3.92. The van der Waals surface area contributed by atoms with Crippen molar-refractivity contribution < 1.29 is 13.9 Å². The predicted molar refractivity (Wildman–Crippen MR) is 95.3 cm³/mol. The van der Waals surface area contributed by atoms with Gasteiger partial charge in [0.05, 0.1) is 10.3 Å². The highest BCUT2D eigenvalue weighted by Gasteiger charge is 2.60. The summed E-state index contributed by atoms with van der Waals surface area (Å²) < 4.78 is 11.2. The van der Waals surface area contributed by atoms with Gasteiger partial charge >= 0.3 is 5.97 Å². The van der Waals surface area contributed by atoms with Crippen molar-refractivity contribution in [1.82, 2.24) is 4.98 Å². The minimum Gasteiger partial charge on any atom is -0.459 e. The van der Waals surface area contributed by atoms with Gasteiger partial charge < -0.3 is 9.15 Å². The van der Waals surface area contributed by atoms with E-state index in [-0.39, 0.29) is 22.9 Å². The van der Waals surface area contributed by atoms with Gasteiger partial charge in [0.1, 0.15) is 18.6 Å². The van der Waals surface area contributed by atoms with Gasteiger partial charge in [-0.25, -0.2) is 4.98 Å². The summed E-state index contributed by atoms with van der Waals surface area (Å²) in [6.45, 7) is 0.167. The van der Waals surface area contributed by atoms with Crippen molar-refractivity contribution in [3.8, 4) is 10.8 Å². The molecule has 0 N–H and O–H groups in total. The lowest BCUT2D eigenvalue weighted by Crippen LogP contribution is -2.56. The van der Waals surface area contributed by atoms with E-state index in [0.717, 1.165) is 37.0 Å². The van der Waals surface area contributed by atoms with Crippen LogP contribution in [-0.2, 0) is 16.1 Å². The van der Waals surface area contributed by atoms with Crippen LogP contribution in [0.3, 0.4) is 0 Å². The third-order valence-corrected chi connectivity index (χ3v) is 7.36. The number of hydrogen-bond acceptors (Lipinski definition) is 5. The maximum atomic E-state index is 12.9. The molecule has 0 aromatic carbocycles. The number of rotatable bonds is 4. The van der Waals surface area contributed by atoms with Crippen molar-refractivity contribution in [3.63, 3.8) is 0 Å². The van der Waals surface area contributed by atoms with Gasteiger partial charge in [0.2, 0.25) is 5.89 Å². The predicted octanol–water partition coefficient (Wildman–Crippen LogP) is 5.02. The Hall–Kier alpha value is -1.33. The number of nitrogens with zero attached hydrogens (tertiary/aromatic N) is 1. The Bertz CT molecular complexity index is 785. The Kier molecular flexibility index (Phi) is 3.55. The first-order valence-electron chi connectivity index (χ1n) is 8.88. The minimum atomic E-state index is -0.369. The fraction of sp³-hybridized carbons (Fsp3) is 0.579. The van der Waals surface area contributed by atoms with Crippen molar-refractivity contribution in [2.24, 2.45) is 17.3 Å². The molecule has 4 bridgehead atoms. The summed E-state index contributed by atoms with van der Waals surface area (Å²) in [5.41, 5.74) is 0.286. The number of carbonyl (C=O) groups excluding carboxylic acids is 1. The van der Waals surface area contributed by atoms with Gasteiger partial charge in [-0.3, -0.25) is 4.79 Å². The van der Waals surface area contributed by atoms with Crippen molar-refractivity contribution in [2.45, 2.75) is 50.0 Å². The van der Waals surface area contributed by atoms with Gasteiger partial charge in [-0.1, -0.05) is 6.07 Å². The number of carbonyl (C=O) groups is 1.